The number of hydrogen-bond donors (Lipinski definition) is 2. The molecule has 16 heavy (non-hydrogen) atoms. The Morgan fingerprint density at radius 1 is 1.44 bits per heavy atom. The average Bonchev–Trinajstić information content (AvgIpc) is 2.35. The maximum atomic E-state index is 11.3. The van der Waals surface area contributed by atoms with Crippen molar-refractivity contribution in [3.05, 3.63) is 30.1 Å². The van der Waals surface area contributed by atoms with E-state index in [0.29, 0.717) is 13.0 Å². The Bertz CT molecular complexity index is 366. The van der Waals surface area contributed by atoms with E-state index in [2.05, 4.69) is 4.98 Å². The summed E-state index contributed by atoms with van der Waals surface area (Å²) >= 11 is 0. The number of aromatic nitrogens is 1. The van der Waals surface area contributed by atoms with E-state index in [-0.39, 0.29) is 0 Å². The van der Waals surface area contributed by atoms with E-state index in [1.807, 2.05) is 12.1 Å². The topological polar surface area (TPSA) is 88.3 Å². The quantitative estimate of drug-likeness (QED) is 0.299. The van der Waals surface area contributed by atoms with Crippen LogP contribution in [-0.4, -0.2) is 35.3 Å². The van der Waals surface area contributed by atoms with Gasteiger partial charge in [0.25, 0.3) is 0 Å². The van der Waals surface area contributed by atoms with Crippen molar-refractivity contribution < 1.29 is 9.59 Å². The van der Waals surface area contributed by atoms with Crippen LogP contribution in [0.5, 0.6) is 0 Å². The molecule has 6 nitrogen and oxygen atoms in total. The SMILES string of the molecule is CN(CCc1ccncc1)C(=O)C(=O)NN. The molecule has 6 heteroatoms. The third kappa shape index (κ3) is 3.32. The third-order valence-corrected chi connectivity index (χ3v) is 2.16. The number of amides is 2. The molecule has 3 N–H and O–H groups in total. The Morgan fingerprint density at radius 2 is 2.06 bits per heavy atom. The molecule has 0 atom stereocenters. The van der Waals surface area contributed by atoms with Crippen molar-refractivity contribution in [3.63, 3.8) is 0 Å². The van der Waals surface area contributed by atoms with Crippen LogP contribution >= 0.6 is 0 Å². The first kappa shape index (κ1) is 12.1. The summed E-state index contributed by atoms with van der Waals surface area (Å²) in [6, 6.07) is 3.72. The van der Waals surface area contributed by atoms with Gasteiger partial charge in [-0.05, 0) is 24.1 Å². The highest BCUT2D eigenvalue weighted by molar-refractivity contribution is 6.34. The van der Waals surface area contributed by atoms with Crippen LogP contribution < -0.4 is 11.3 Å². The van der Waals surface area contributed by atoms with E-state index in [4.69, 9.17) is 5.84 Å². The van der Waals surface area contributed by atoms with Crippen LogP contribution in [0.15, 0.2) is 24.5 Å². The van der Waals surface area contributed by atoms with Crippen LogP contribution in [0.25, 0.3) is 0 Å². The maximum absolute atomic E-state index is 11.3. The van der Waals surface area contributed by atoms with Gasteiger partial charge >= 0.3 is 11.8 Å². The zero-order chi connectivity index (χ0) is 12.0. The van der Waals surface area contributed by atoms with Crippen LogP contribution in [0.2, 0.25) is 0 Å². The number of nitrogens with one attached hydrogen (secondary N) is 1. The highest BCUT2D eigenvalue weighted by atomic mass is 16.2. The summed E-state index contributed by atoms with van der Waals surface area (Å²) in [4.78, 5) is 27.5. The summed E-state index contributed by atoms with van der Waals surface area (Å²) in [7, 11) is 1.55. The number of nitrogens with zero attached hydrogens (tertiary/aromatic N) is 2. The molecule has 0 aliphatic rings. The van der Waals surface area contributed by atoms with Crippen molar-refractivity contribution in [2.24, 2.45) is 5.84 Å². The number of carbonyl (C=O) groups excluding carboxylic acids is 2. The molecule has 86 valence electrons. The minimum atomic E-state index is -0.808. The van der Waals surface area contributed by atoms with Gasteiger partial charge < -0.3 is 4.90 Å². The molecule has 0 saturated carbocycles. The molecule has 0 bridgehead atoms. The standard InChI is InChI=1S/C10H14N4O2/c1-14(10(16)9(15)13-11)7-4-8-2-5-12-6-3-8/h2-3,5-6H,4,7,11H2,1H3,(H,13,15). The molecule has 1 aromatic rings. The van der Waals surface area contributed by atoms with Crippen molar-refractivity contribution in [2.75, 3.05) is 13.6 Å². The minimum Gasteiger partial charge on any atom is -0.337 e. The fourth-order valence-electron chi connectivity index (χ4n) is 1.18. The van der Waals surface area contributed by atoms with Crippen molar-refractivity contribution in [1.29, 1.82) is 0 Å². The summed E-state index contributed by atoms with van der Waals surface area (Å²) in [6.07, 6.45) is 4.04. The van der Waals surface area contributed by atoms with Gasteiger partial charge in [0.05, 0.1) is 0 Å². The van der Waals surface area contributed by atoms with Gasteiger partial charge in [-0.15, -0.1) is 0 Å². The van der Waals surface area contributed by atoms with Gasteiger partial charge in [0.2, 0.25) is 0 Å². The van der Waals surface area contributed by atoms with E-state index >= 15 is 0 Å². The van der Waals surface area contributed by atoms with Gasteiger partial charge in [-0.3, -0.25) is 20.0 Å². The van der Waals surface area contributed by atoms with Gasteiger partial charge in [-0.2, -0.15) is 0 Å². The number of pyridine rings is 1. The predicted molar refractivity (Wildman–Crippen MR) is 57.9 cm³/mol. The number of likely N-dealkylation sites (N-methyl/N-ethyl adjacent to an activating group) is 1. The molecule has 0 spiro atoms. The Kier molecular flexibility index (Phi) is 4.41. The molecule has 2 amide bonds. The van der Waals surface area contributed by atoms with E-state index in [0.717, 1.165) is 5.56 Å². The number of hydrazine groups is 1. The highest BCUT2D eigenvalue weighted by Gasteiger charge is 2.16. The predicted octanol–water partition coefficient (Wildman–Crippen LogP) is -0.928. The van der Waals surface area contributed by atoms with Crippen molar-refractivity contribution in [2.45, 2.75) is 6.42 Å². The average molecular weight is 222 g/mol. The second-order valence-corrected chi connectivity index (χ2v) is 3.31. The first-order valence-corrected chi connectivity index (χ1v) is 4.80. The lowest BCUT2D eigenvalue weighted by molar-refractivity contribution is -0.144. The molecule has 1 heterocycles. The fourth-order valence-corrected chi connectivity index (χ4v) is 1.18. The van der Waals surface area contributed by atoms with E-state index < -0.39 is 11.8 Å². The molecule has 0 aromatic carbocycles. The van der Waals surface area contributed by atoms with Crippen LogP contribution in [0.1, 0.15) is 5.56 Å². The zero-order valence-electron chi connectivity index (χ0n) is 9.01. The van der Waals surface area contributed by atoms with Gasteiger partial charge in [-0.25, -0.2) is 5.84 Å². The van der Waals surface area contributed by atoms with E-state index in [9.17, 15) is 9.59 Å². The van der Waals surface area contributed by atoms with Crippen LogP contribution in [0, 0.1) is 0 Å². The lowest BCUT2D eigenvalue weighted by Gasteiger charge is -2.15. The normalized spacial score (nSPS) is 9.62. The molecule has 0 aliphatic carbocycles. The number of hydrogen-bond acceptors (Lipinski definition) is 4. The zero-order valence-corrected chi connectivity index (χ0v) is 9.01. The number of carbonyl (C=O) groups is 2. The number of rotatable bonds is 3. The fraction of sp³-hybridized carbons (Fsp3) is 0.300. The molecule has 0 aliphatic heterocycles. The second-order valence-electron chi connectivity index (χ2n) is 3.31. The van der Waals surface area contributed by atoms with Crippen molar-refractivity contribution >= 4 is 11.8 Å². The molecule has 0 saturated heterocycles. The molecule has 1 rings (SSSR count). The van der Waals surface area contributed by atoms with Gasteiger partial charge in [-0.1, -0.05) is 0 Å². The first-order valence-electron chi connectivity index (χ1n) is 4.80. The Labute approximate surface area is 93.4 Å². The largest absolute Gasteiger partial charge is 0.337 e. The first-order chi connectivity index (χ1) is 7.65. The summed E-state index contributed by atoms with van der Waals surface area (Å²) < 4.78 is 0. The van der Waals surface area contributed by atoms with E-state index in [1.54, 1.807) is 24.9 Å². The lowest BCUT2D eigenvalue weighted by atomic mass is 10.2. The summed E-state index contributed by atoms with van der Waals surface area (Å²) in [5.74, 6) is 3.41. The van der Waals surface area contributed by atoms with Crippen LogP contribution in [0.4, 0.5) is 0 Å². The van der Waals surface area contributed by atoms with Crippen molar-refractivity contribution in [3.8, 4) is 0 Å². The minimum absolute atomic E-state index is 0.455. The molecule has 0 fully saturated rings. The van der Waals surface area contributed by atoms with E-state index in [1.165, 1.54) is 4.90 Å². The lowest BCUT2D eigenvalue weighted by Crippen LogP contribution is -2.44. The van der Waals surface area contributed by atoms with Crippen LogP contribution in [0.3, 0.4) is 0 Å². The molecule has 0 radical (unpaired) electrons. The summed E-state index contributed by atoms with van der Waals surface area (Å²) in [5, 5.41) is 0. The molecule has 1 aromatic heterocycles. The van der Waals surface area contributed by atoms with Gasteiger partial charge in [0.15, 0.2) is 0 Å². The third-order valence-electron chi connectivity index (χ3n) is 2.16. The Morgan fingerprint density at radius 3 is 2.62 bits per heavy atom. The van der Waals surface area contributed by atoms with Gasteiger partial charge in [0, 0.05) is 26.0 Å². The van der Waals surface area contributed by atoms with Crippen molar-refractivity contribution in [1.82, 2.24) is 15.3 Å². The molecular formula is C10H14N4O2. The monoisotopic (exact) mass is 222 g/mol. The van der Waals surface area contributed by atoms with Gasteiger partial charge in [0.1, 0.15) is 0 Å². The smallest absolute Gasteiger partial charge is 0.323 e. The highest BCUT2D eigenvalue weighted by Crippen LogP contribution is 1.98. The molecule has 0 unspecified atom stereocenters. The second kappa shape index (κ2) is 5.82. The Balaban J connectivity index is 2.44. The summed E-state index contributed by atoms with van der Waals surface area (Å²) in [6.45, 7) is 0.455. The summed E-state index contributed by atoms with van der Waals surface area (Å²) in [5.41, 5.74) is 2.86. The molecular weight excluding hydrogens is 208 g/mol. The number of nitrogens with two attached hydrogens (primary N) is 1. The Hall–Kier alpha value is -1.95. The van der Waals surface area contributed by atoms with Crippen LogP contribution in [-0.2, 0) is 16.0 Å². The maximum Gasteiger partial charge on any atom is 0.323 e.